The Kier molecular flexibility index (Phi) is 4.00. The maximum absolute atomic E-state index is 6.09. The highest BCUT2D eigenvalue weighted by molar-refractivity contribution is 8.00. The topological polar surface area (TPSA) is 64.7 Å². The first-order valence-corrected chi connectivity index (χ1v) is 7.91. The number of rotatable bonds is 4. The van der Waals surface area contributed by atoms with Crippen LogP contribution in [0.1, 0.15) is 10.8 Å². The van der Waals surface area contributed by atoms with Crippen LogP contribution in [0, 0.1) is 6.92 Å². The molecule has 0 amide bonds. The Bertz CT molecular complexity index is 728. The molecule has 3 aromatic rings. The van der Waals surface area contributed by atoms with Crippen molar-refractivity contribution >= 4 is 34.7 Å². The molecule has 0 aliphatic rings. The van der Waals surface area contributed by atoms with Gasteiger partial charge in [0.05, 0.1) is 16.3 Å². The number of nitrogens with zero attached hydrogens (tertiary/aromatic N) is 4. The molecule has 0 saturated carbocycles. The second-order valence-corrected chi connectivity index (χ2v) is 6.68. The molecule has 0 aliphatic heterocycles. The Hall–Kier alpha value is -1.44. The van der Waals surface area contributed by atoms with Crippen LogP contribution < -0.4 is 0 Å². The summed E-state index contributed by atoms with van der Waals surface area (Å²) in [5.41, 5.74) is 0.740. The van der Waals surface area contributed by atoms with Gasteiger partial charge in [0, 0.05) is 0 Å². The average Bonchev–Trinajstić information content (AvgIpc) is 3.06. The zero-order chi connectivity index (χ0) is 13.9. The fourth-order valence-corrected chi connectivity index (χ4v) is 3.39. The summed E-state index contributed by atoms with van der Waals surface area (Å²) in [4.78, 5) is 4.34. The second kappa shape index (κ2) is 5.90. The molecule has 20 heavy (non-hydrogen) atoms. The van der Waals surface area contributed by atoms with Crippen LogP contribution in [-0.2, 0) is 5.75 Å². The molecular weight excluding hydrogens is 316 g/mol. The maximum atomic E-state index is 6.09. The van der Waals surface area contributed by atoms with Gasteiger partial charge in [-0.05, 0) is 19.1 Å². The summed E-state index contributed by atoms with van der Waals surface area (Å²) in [6, 6.07) is 7.38. The van der Waals surface area contributed by atoms with Crippen LogP contribution in [0.5, 0.6) is 0 Å². The van der Waals surface area contributed by atoms with E-state index in [1.165, 1.54) is 11.8 Å². The van der Waals surface area contributed by atoms with Gasteiger partial charge in [0.15, 0.2) is 10.2 Å². The molecule has 102 valence electrons. The number of halogens is 1. The highest BCUT2D eigenvalue weighted by Gasteiger charge is 2.12. The highest BCUT2D eigenvalue weighted by Crippen LogP contribution is 2.28. The Balaban J connectivity index is 1.72. The van der Waals surface area contributed by atoms with Crippen molar-refractivity contribution in [3.63, 3.8) is 0 Å². The van der Waals surface area contributed by atoms with Gasteiger partial charge in [-0.2, -0.15) is 4.98 Å². The molecule has 5 nitrogen and oxygen atoms in total. The molecule has 8 heteroatoms. The lowest BCUT2D eigenvalue weighted by atomic mass is 10.2. The van der Waals surface area contributed by atoms with Crippen LogP contribution in [0.4, 0.5) is 0 Å². The summed E-state index contributed by atoms with van der Waals surface area (Å²) in [6.45, 7) is 1.92. The van der Waals surface area contributed by atoms with Gasteiger partial charge in [-0.25, -0.2) is 0 Å². The molecule has 3 rings (SSSR count). The van der Waals surface area contributed by atoms with Gasteiger partial charge in [-0.15, -0.1) is 10.2 Å². The second-order valence-electron chi connectivity index (χ2n) is 3.87. The minimum absolute atomic E-state index is 0.430. The first-order chi connectivity index (χ1) is 9.72. The summed E-state index contributed by atoms with van der Waals surface area (Å²) < 4.78 is 6.13. The molecular formula is C12H9ClN4OS2. The summed E-state index contributed by atoms with van der Waals surface area (Å²) in [5.74, 6) is 1.63. The van der Waals surface area contributed by atoms with Gasteiger partial charge in [0.1, 0.15) is 5.01 Å². The fraction of sp³-hybridized carbons (Fsp3) is 0.167. The lowest BCUT2D eigenvalue weighted by Crippen LogP contribution is -1.84. The molecule has 0 spiro atoms. The number of aromatic nitrogens is 4. The van der Waals surface area contributed by atoms with E-state index in [1.54, 1.807) is 17.4 Å². The number of hydrogen-bond acceptors (Lipinski definition) is 7. The number of thioether (sulfide) groups is 1. The molecule has 0 aliphatic carbocycles. The minimum Gasteiger partial charge on any atom is -0.334 e. The van der Waals surface area contributed by atoms with E-state index in [0.717, 1.165) is 14.9 Å². The maximum Gasteiger partial charge on any atom is 0.259 e. The zero-order valence-corrected chi connectivity index (χ0v) is 12.8. The third-order valence-corrected chi connectivity index (χ3v) is 4.70. The van der Waals surface area contributed by atoms with Crippen LogP contribution in [0.15, 0.2) is 33.1 Å². The van der Waals surface area contributed by atoms with Crippen LogP contribution >= 0.6 is 34.7 Å². The third-order valence-electron chi connectivity index (χ3n) is 2.40. The highest BCUT2D eigenvalue weighted by atomic mass is 35.5. The molecule has 2 aromatic heterocycles. The zero-order valence-electron chi connectivity index (χ0n) is 10.4. The largest absolute Gasteiger partial charge is 0.334 e. The van der Waals surface area contributed by atoms with Gasteiger partial charge < -0.3 is 4.52 Å². The molecule has 2 heterocycles. The van der Waals surface area contributed by atoms with E-state index in [1.807, 2.05) is 25.1 Å². The van der Waals surface area contributed by atoms with Crippen LogP contribution in [-0.4, -0.2) is 20.3 Å². The van der Waals surface area contributed by atoms with Crippen LogP contribution in [0.3, 0.4) is 0 Å². The van der Waals surface area contributed by atoms with Crippen LogP contribution in [0.2, 0.25) is 5.02 Å². The summed E-state index contributed by atoms with van der Waals surface area (Å²) in [7, 11) is 0. The average molecular weight is 325 g/mol. The van der Waals surface area contributed by atoms with E-state index in [9.17, 15) is 0 Å². The Morgan fingerprint density at radius 3 is 2.90 bits per heavy atom. The Morgan fingerprint density at radius 2 is 2.15 bits per heavy atom. The minimum atomic E-state index is 0.430. The van der Waals surface area contributed by atoms with Crippen molar-refractivity contribution in [1.29, 1.82) is 0 Å². The first kappa shape index (κ1) is 13.5. The molecule has 0 unspecified atom stereocenters. The molecule has 0 N–H and O–H groups in total. The SMILES string of the molecule is Cc1nnc(SCc2noc(-c3ccccc3Cl)n2)s1. The van der Waals surface area contributed by atoms with E-state index in [4.69, 9.17) is 16.1 Å². The molecule has 0 fully saturated rings. The molecule has 0 saturated heterocycles. The molecule has 0 radical (unpaired) electrons. The summed E-state index contributed by atoms with van der Waals surface area (Å²) >= 11 is 9.17. The Morgan fingerprint density at radius 1 is 1.30 bits per heavy atom. The van der Waals surface area contributed by atoms with Crippen molar-refractivity contribution < 1.29 is 4.52 Å². The van der Waals surface area contributed by atoms with E-state index in [2.05, 4.69) is 20.3 Å². The van der Waals surface area contributed by atoms with Gasteiger partial charge in [-0.3, -0.25) is 0 Å². The van der Waals surface area contributed by atoms with Gasteiger partial charge in [0.25, 0.3) is 5.89 Å². The Labute approximate surface area is 128 Å². The van der Waals surface area contributed by atoms with Gasteiger partial charge in [-0.1, -0.05) is 52.0 Å². The lowest BCUT2D eigenvalue weighted by molar-refractivity contribution is 0.425. The number of hydrogen-bond donors (Lipinski definition) is 0. The number of aryl methyl sites for hydroxylation is 1. The van der Waals surface area contributed by atoms with E-state index in [0.29, 0.717) is 22.5 Å². The third kappa shape index (κ3) is 3.00. The summed E-state index contributed by atoms with van der Waals surface area (Å²) in [5, 5.41) is 13.5. The lowest BCUT2D eigenvalue weighted by Gasteiger charge is -1.95. The molecule has 0 atom stereocenters. The van der Waals surface area contributed by atoms with Crippen molar-refractivity contribution in [2.75, 3.05) is 0 Å². The van der Waals surface area contributed by atoms with Gasteiger partial charge >= 0.3 is 0 Å². The van der Waals surface area contributed by atoms with Crippen molar-refractivity contribution in [1.82, 2.24) is 20.3 Å². The normalized spacial score (nSPS) is 10.9. The number of benzene rings is 1. The predicted octanol–water partition coefficient (Wildman–Crippen LogP) is 3.84. The van der Waals surface area contributed by atoms with E-state index < -0.39 is 0 Å². The standard InChI is InChI=1S/C12H9ClN4OS2/c1-7-15-16-12(20-7)19-6-10-14-11(18-17-10)8-4-2-3-5-9(8)13/h2-5H,6H2,1H3. The monoisotopic (exact) mass is 324 g/mol. The van der Waals surface area contributed by atoms with Crippen molar-refractivity contribution in [2.24, 2.45) is 0 Å². The molecule has 0 bridgehead atoms. The quantitative estimate of drug-likeness (QED) is 0.679. The van der Waals surface area contributed by atoms with Crippen LogP contribution in [0.25, 0.3) is 11.5 Å². The summed E-state index contributed by atoms with van der Waals surface area (Å²) in [6.07, 6.45) is 0. The van der Waals surface area contributed by atoms with E-state index in [-0.39, 0.29) is 0 Å². The van der Waals surface area contributed by atoms with E-state index >= 15 is 0 Å². The predicted molar refractivity (Wildman–Crippen MR) is 79.0 cm³/mol. The van der Waals surface area contributed by atoms with Crippen molar-refractivity contribution in [3.8, 4) is 11.5 Å². The van der Waals surface area contributed by atoms with Crippen molar-refractivity contribution in [3.05, 3.63) is 40.1 Å². The molecule has 1 aromatic carbocycles. The first-order valence-electron chi connectivity index (χ1n) is 5.73. The fourth-order valence-electron chi connectivity index (χ4n) is 1.52. The smallest absolute Gasteiger partial charge is 0.259 e. The van der Waals surface area contributed by atoms with Crippen molar-refractivity contribution in [2.45, 2.75) is 17.0 Å². The van der Waals surface area contributed by atoms with Gasteiger partial charge in [0.2, 0.25) is 0 Å².